The van der Waals surface area contributed by atoms with Gasteiger partial charge in [0.1, 0.15) is 6.61 Å². The van der Waals surface area contributed by atoms with Crippen molar-refractivity contribution in [1.29, 1.82) is 0 Å². The molecular weight excluding hydrogens is 350 g/mol. The maximum atomic E-state index is 12.3. The lowest BCUT2D eigenvalue weighted by atomic mass is 10.2. The Morgan fingerprint density at radius 3 is 2.42 bits per heavy atom. The fraction of sp³-hybridized carbons (Fsp3) is 0.150. The summed E-state index contributed by atoms with van der Waals surface area (Å²) in [7, 11) is 0. The fourth-order valence-corrected chi connectivity index (χ4v) is 3.93. The SMILES string of the molecule is O=C(OCc1csc2ccccc12)c1ccc(N2C(=O)CCC2=O)cc1. The van der Waals surface area contributed by atoms with Crippen LogP contribution in [0, 0.1) is 0 Å². The average molecular weight is 365 g/mol. The molecule has 4 rings (SSSR count). The van der Waals surface area contributed by atoms with Gasteiger partial charge in [0.15, 0.2) is 0 Å². The summed E-state index contributed by atoms with van der Waals surface area (Å²) >= 11 is 1.62. The summed E-state index contributed by atoms with van der Waals surface area (Å²) in [6, 6.07) is 14.3. The van der Waals surface area contributed by atoms with E-state index in [1.54, 1.807) is 35.6 Å². The molecule has 0 atom stereocenters. The smallest absolute Gasteiger partial charge is 0.338 e. The third kappa shape index (κ3) is 2.99. The largest absolute Gasteiger partial charge is 0.457 e. The van der Waals surface area contributed by atoms with E-state index in [-0.39, 0.29) is 31.3 Å². The van der Waals surface area contributed by atoms with Gasteiger partial charge >= 0.3 is 5.97 Å². The number of esters is 1. The van der Waals surface area contributed by atoms with Gasteiger partial charge in [0.05, 0.1) is 11.3 Å². The van der Waals surface area contributed by atoms with Gasteiger partial charge in [0.2, 0.25) is 11.8 Å². The monoisotopic (exact) mass is 365 g/mol. The van der Waals surface area contributed by atoms with Gasteiger partial charge in [-0.05, 0) is 41.1 Å². The van der Waals surface area contributed by atoms with Crippen LogP contribution in [0.4, 0.5) is 5.69 Å². The van der Waals surface area contributed by atoms with Gasteiger partial charge in [0.25, 0.3) is 0 Å². The highest BCUT2D eigenvalue weighted by molar-refractivity contribution is 7.17. The molecule has 0 spiro atoms. The maximum absolute atomic E-state index is 12.3. The Morgan fingerprint density at radius 2 is 1.69 bits per heavy atom. The first-order chi connectivity index (χ1) is 12.6. The highest BCUT2D eigenvalue weighted by Crippen LogP contribution is 2.27. The van der Waals surface area contributed by atoms with Gasteiger partial charge in [0, 0.05) is 23.1 Å². The summed E-state index contributed by atoms with van der Waals surface area (Å²) in [6.07, 6.45) is 0.467. The second-order valence-electron chi connectivity index (χ2n) is 6.00. The number of anilines is 1. The molecule has 6 heteroatoms. The Labute approximate surface area is 153 Å². The topological polar surface area (TPSA) is 63.7 Å². The van der Waals surface area contributed by atoms with Gasteiger partial charge < -0.3 is 4.74 Å². The van der Waals surface area contributed by atoms with E-state index in [4.69, 9.17) is 4.74 Å². The minimum Gasteiger partial charge on any atom is -0.457 e. The van der Waals surface area contributed by atoms with Crippen molar-refractivity contribution in [1.82, 2.24) is 0 Å². The van der Waals surface area contributed by atoms with Crippen LogP contribution in [0.25, 0.3) is 10.1 Å². The third-order valence-electron chi connectivity index (χ3n) is 4.33. The molecule has 2 amide bonds. The first-order valence-corrected chi connectivity index (χ1v) is 9.09. The van der Waals surface area contributed by atoms with Crippen molar-refractivity contribution in [3.63, 3.8) is 0 Å². The van der Waals surface area contributed by atoms with Crippen molar-refractivity contribution in [3.8, 4) is 0 Å². The Morgan fingerprint density at radius 1 is 1.00 bits per heavy atom. The number of carbonyl (C=O) groups excluding carboxylic acids is 3. The summed E-state index contributed by atoms with van der Waals surface area (Å²) in [5.74, 6) is -0.866. The van der Waals surface area contributed by atoms with Gasteiger partial charge in [-0.1, -0.05) is 18.2 Å². The Hall–Kier alpha value is -2.99. The van der Waals surface area contributed by atoms with E-state index >= 15 is 0 Å². The van der Waals surface area contributed by atoms with E-state index < -0.39 is 5.97 Å². The van der Waals surface area contributed by atoms with E-state index in [0.717, 1.165) is 20.5 Å². The third-order valence-corrected chi connectivity index (χ3v) is 5.34. The predicted octanol–water partition coefficient (Wildman–Crippen LogP) is 3.91. The number of nitrogens with zero attached hydrogens (tertiary/aromatic N) is 1. The van der Waals surface area contributed by atoms with Crippen LogP contribution in [-0.2, 0) is 20.9 Å². The van der Waals surface area contributed by atoms with Crippen molar-refractivity contribution in [3.05, 3.63) is 65.0 Å². The van der Waals surface area contributed by atoms with E-state index in [1.165, 1.54) is 0 Å². The molecule has 0 unspecified atom stereocenters. The van der Waals surface area contributed by atoms with Gasteiger partial charge in [-0.3, -0.25) is 14.5 Å². The van der Waals surface area contributed by atoms with Crippen molar-refractivity contribution in [2.75, 3.05) is 4.90 Å². The summed E-state index contributed by atoms with van der Waals surface area (Å²) in [4.78, 5) is 36.9. The molecule has 26 heavy (non-hydrogen) atoms. The minimum atomic E-state index is -0.439. The molecule has 2 aromatic carbocycles. The first kappa shape index (κ1) is 16.5. The molecule has 0 N–H and O–H groups in total. The number of ether oxygens (including phenoxy) is 1. The minimum absolute atomic E-state index is 0.202. The van der Waals surface area contributed by atoms with Crippen LogP contribution in [0.1, 0.15) is 28.8 Å². The number of carbonyl (C=O) groups is 3. The number of thiophene rings is 1. The van der Waals surface area contributed by atoms with Crippen LogP contribution >= 0.6 is 11.3 Å². The number of rotatable bonds is 4. The zero-order valence-corrected chi connectivity index (χ0v) is 14.6. The lowest BCUT2D eigenvalue weighted by molar-refractivity contribution is -0.121. The predicted molar refractivity (Wildman–Crippen MR) is 99.1 cm³/mol. The molecule has 5 nitrogen and oxygen atoms in total. The second-order valence-corrected chi connectivity index (χ2v) is 6.91. The lowest BCUT2D eigenvalue weighted by Gasteiger charge is -2.14. The van der Waals surface area contributed by atoms with E-state index in [9.17, 15) is 14.4 Å². The normalized spacial score (nSPS) is 14.2. The fourth-order valence-electron chi connectivity index (χ4n) is 2.98. The molecule has 2 heterocycles. The van der Waals surface area contributed by atoms with Crippen LogP contribution in [0.15, 0.2) is 53.9 Å². The average Bonchev–Trinajstić information content (AvgIpc) is 3.23. The second kappa shape index (κ2) is 6.72. The van der Waals surface area contributed by atoms with Crippen LogP contribution < -0.4 is 4.90 Å². The Bertz CT molecular complexity index is 990. The van der Waals surface area contributed by atoms with Crippen LogP contribution in [0.5, 0.6) is 0 Å². The molecule has 0 saturated carbocycles. The standard InChI is InChI=1S/C20H15NO4S/c22-18-9-10-19(23)21(18)15-7-5-13(6-8-15)20(24)25-11-14-12-26-17-4-2-1-3-16(14)17/h1-8,12H,9-11H2. The molecule has 130 valence electrons. The number of benzene rings is 2. The number of fused-ring (bicyclic) bond motifs is 1. The molecule has 0 aliphatic carbocycles. The van der Waals surface area contributed by atoms with Gasteiger partial charge in [-0.15, -0.1) is 11.3 Å². The first-order valence-electron chi connectivity index (χ1n) is 8.21. The van der Waals surface area contributed by atoms with Gasteiger partial charge in [-0.2, -0.15) is 0 Å². The number of hydrogen-bond donors (Lipinski definition) is 0. The van der Waals surface area contributed by atoms with E-state index in [0.29, 0.717) is 11.3 Å². The summed E-state index contributed by atoms with van der Waals surface area (Å²) in [5, 5.41) is 3.08. The molecule has 1 fully saturated rings. The summed E-state index contributed by atoms with van der Waals surface area (Å²) in [5.41, 5.74) is 1.84. The van der Waals surface area contributed by atoms with Crippen molar-refractivity contribution >= 4 is 44.9 Å². The summed E-state index contributed by atoms with van der Waals surface area (Å²) in [6.45, 7) is 0.202. The van der Waals surface area contributed by atoms with Crippen LogP contribution in [0.3, 0.4) is 0 Å². The molecule has 3 aromatic rings. The highest BCUT2D eigenvalue weighted by Gasteiger charge is 2.30. The Balaban J connectivity index is 1.45. The number of amides is 2. The van der Waals surface area contributed by atoms with E-state index in [1.807, 2.05) is 29.6 Å². The van der Waals surface area contributed by atoms with Gasteiger partial charge in [-0.25, -0.2) is 4.79 Å². The van der Waals surface area contributed by atoms with Crippen molar-refractivity contribution in [2.45, 2.75) is 19.4 Å². The summed E-state index contributed by atoms with van der Waals surface area (Å²) < 4.78 is 6.56. The maximum Gasteiger partial charge on any atom is 0.338 e. The van der Waals surface area contributed by atoms with Crippen LogP contribution in [-0.4, -0.2) is 17.8 Å². The molecule has 1 aliphatic heterocycles. The van der Waals surface area contributed by atoms with Crippen molar-refractivity contribution in [2.24, 2.45) is 0 Å². The zero-order chi connectivity index (χ0) is 18.1. The van der Waals surface area contributed by atoms with E-state index in [2.05, 4.69) is 0 Å². The van der Waals surface area contributed by atoms with Crippen molar-refractivity contribution < 1.29 is 19.1 Å². The zero-order valence-electron chi connectivity index (χ0n) is 13.8. The number of hydrogen-bond acceptors (Lipinski definition) is 5. The highest BCUT2D eigenvalue weighted by atomic mass is 32.1. The molecule has 0 bridgehead atoms. The molecule has 1 aromatic heterocycles. The Kier molecular flexibility index (Phi) is 4.26. The molecule has 0 radical (unpaired) electrons. The molecule has 1 saturated heterocycles. The lowest BCUT2D eigenvalue weighted by Crippen LogP contribution is -2.28. The quantitative estimate of drug-likeness (QED) is 0.519. The molecule has 1 aliphatic rings. The number of imide groups is 1. The van der Waals surface area contributed by atoms with Crippen LogP contribution in [0.2, 0.25) is 0 Å². The molecular formula is C20H15NO4S.